The monoisotopic (exact) mass is 440 g/mol. The summed E-state index contributed by atoms with van der Waals surface area (Å²) in [6.07, 6.45) is 3.05. The van der Waals surface area contributed by atoms with Crippen molar-refractivity contribution in [2.24, 2.45) is 0 Å². The summed E-state index contributed by atoms with van der Waals surface area (Å²) < 4.78 is 32.2. The summed E-state index contributed by atoms with van der Waals surface area (Å²) in [7, 11) is 4.56. The molecule has 32 heavy (non-hydrogen) atoms. The fraction of sp³-hybridized carbons (Fsp3) is 0.250. The Balaban J connectivity index is 1.87. The largest absolute Gasteiger partial charge is 0.496 e. The van der Waals surface area contributed by atoms with Crippen LogP contribution in [0.2, 0.25) is 0 Å². The number of hydrogen-bond donors (Lipinski definition) is 0. The maximum atomic E-state index is 13.0. The molecule has 1 heterocycles. The van der Waals surface area contributed by atoms with Gasteiger partial charge in [-0.2, -0.15) is 0 Å². The van der Waals surface area contributed by atoms with Gasteiger partial charge in [0.25, 0.3) is 0 Å². The summed E-state index contributed by atoms with van der Waals surface area (Å²) in [5.74, 6) is 1.52. The Bertz CT molecular complexity index is 1080. The number of esters is 1. The van der Waals surface area contributed by atoms with Gasteiger partial charge in [0.15, 0.2) is 23.9 Å². The van der Waals surface area contributed by atoms with Crippen LogP contribution in [0.3, 0.4) is 0 Å². The predicted octanol–water partition coefficient (Wildman–Crippen LogP) is 3.75. The molecule has 2 aromatic rings. The Morgan fingerprint density at radius 2 is 1.72 bits per heavy atom. The van der Waals surface area contributed by atoms with E-state index in [1.807, 2.05) is 0 Å². The van der Waals surface area contributed by atoms with Crippen LogP contribution in [-0.4, -0.2) is 46.3 Å². The van der Waals surface area contributed by atoms with Gasteiger partial charge < -0.3 is 28.4 Å². The lowest BCUT2D eigenvalue weighted by molar-refractivity contribution is -0.144. The average molecular weight is 440 g/mol. The van der Waals surface area contributed by atoms with Gasteiger partial charge in [-0.15, -0.1) is 0 Å². The van der Waals surface area contributed by atoms with Crippen molar-refractivity contribution in [2.75, 3.05) is 34.5 Å². The Morgan fingerprint density at radius 1 is 1.03 bits per heavy atom. The van der Waals surface area contributed by atoms with Crippen LogP contribution in [-0.2, 0) is 9.53 Å². The molecule has 8 heteroatoms. The van der Waals surface area contributed by atoms with Crippen molar-refractivity contribution in [2.45, 2.75) is 6.92 Å². The third-order valence-corrected chi connectivity index (χ3v) is 4.68. The van der Waals surface area contributed by atoms with Gasteiger partial charge in [-0.1, -0.05) is 12.7 Å². The first-order valence-electron chi connectivity index (χ1n) is 9.70. The van der Waals surface area contributed by atoms with E-state index in [9.17, 15) is 9.59 Å². The Kier molecular flexibility index (Phi) is 7.04. The second-order valence-electron chi connectivity index (χ2n) is 6.76. The van der Waals surface area contributed by atoms with Crippen LogP contribution in [0, 0.1) is 6.92 Å². The molecule has 168 valence electrons. The van der Waals surface area contributed by atoms with Crippen molar-refractivity contribution < 1.29 is 38.0 Å². The summed E-state index contributed by atoms with van der Waals surface area (Å²) in [5.41, 5.74) is 1.67. The molecule has 0 aliphatic carbocycles. The SMILES string of the molecule is C=CCOC(=O)COc1cc(C)c2c(c1)O/C(=C\c1cc(OC)c(OC)cc1OC)C2=O. The summed E-state index contributed by atoms with van der Waals surface area (Å²) in [5, 5.41) is 0. The summed E-state index contributed by atoms with van der Waals surface area (Å²) in [6, 6.07) is 6.59. The van der Waals surface area contributed by atoms with Crippen molar-refractivity contribution in [1.29, 1.82) is 0 Å². The first-order valence-corrected chi connectivity index (χ1v) is 9.70. The summed E-state index contributed by atoms with van der Waals surface area (Å²) in [6.45, 7) is 5.08. The lowest BCUT2D eigenvalue weighted by Gasteiger charge is -2.12. The van der Waals surface area contributed by atoms with E-state index < -0.39 is 5.97 Å². The number of methoxy groups -OCH3 is 3. The van der Waals surface area contributed by atoms with Crippen molar-refractivity contribution in [1.82, 2.24) is 0 Å². The fourth-order valence-corrected chi connectivity index (χ4v) is 3.20. The van der Waals surface area contributed by atoms with Gasteiger partial charge in [-0.05, 0) is 30.7 Å². The van der Waals surface area contributed by atoms with Gasteiger partial charge in [0.1, 0.15) is 23.9 Å². The third kappa shape index (κ3) is 4.69. The number of benzene rings is 2. The molecule has 0 saturated heterocycles. The number of Topliss-reactive ketones (excluding diaryl/α,β-unsaturated/α-hetero) is 1. The first kappa shape index (κ1) is 22.7. The molecule has 0 bridgehead atoms. The Morgan fingerprint density at radius 3 is 2.38 bits per heavy atom. The van der Waals surface area contributed by atoms with Crippen LogP contribution in [0.5, 0.6) is 28.7 Å². The minimum Gasteiger partial charge on any atom is -0.496 e. The predicted molar refractivity (Wildman–Crippen MR) is 117 cm³/mol. The highest BCUT2D eigenvalue weighted by atomic mass is 16.6. The number of fused-ring (bicyclic) bond motifs is 1. The Hall–Kier alpha value is -3.94. The number of ether oxygens (including phenoxy) is 6. The molecule has 2 aromatic carbocycles. The van der Waals surface area contributed by atoms with Gasteiger partial charge in [-0.25, -0.2) is 4.79 Å². The highest BCUT2D eigenvalue weighted by molar-refractivity contribution is 6.15. The zero-order chi connectivity index (χ0) is 23.3. The maximum absolute atomic E-state index is 13.0. The lowest BCUT2D eigenvalue weighted by atomic mass is 10.0. The quantitative estimate of drug-likeness (QED) is 0.331. The zero-order valence-electron chi connectivity index (χ0n) is 18.4. The molecule has 0 fully saturated rings. The normalized spacial score (nSPS) is 13.2. The molecule has 3 rings (SSSR count). The van der Waals surface area contributed by atoms with Gasteiger partial charge in [-0.3, -0.25) is 4.79 Å². The third-order valence-electron chi connectivity index (χ3n) is 4.68. The van der Waals surface area contributed by atoms with Gasteiger partial charge in [0.2, 0.25) is 5.78 Å². The van der Waals surface area contributed by atoms with E-state index in [1.165, 1.54) is 27.4 Å². The molecular weight excluding hydrogens is 416 g/mol. The van der Waals surface area contributed by atoms with Crippen molar-refractivity contribution in [3.8, 4) is 28.7 Å². The van der Waals surface area contributed by atoms with E-state index in [1.54, 1.807) is 37.3 Å². The summed E-state index contributed by atoms with van der Waals surface area (Å²) >= 11 is 0. The number of carbonyl (C=O) groups is 2. The van der Waals surface area contributed by atoms with Gasteiger partial charge in [0.05, 0.1) is 26.9 Å². The first-order chi connectivity index (χ1) is 15.4. The molecule has 0 amide bonds. The average Bonchev–Trinajstić information content (AvgIpc) is 3.11. The van der Waals surface area contributed by atoms with Gasteiger partial charge >= 0.3 is 5.97 Å². The van der Waals surface area contributed by atoms with Crippen LogP contribution in [0.1, 0.15) is 21.5 Å². The van der Waals surface area contributed by atoms with Crippen LogP contribution in [0.25, 0.3) is 6.08 Å². The zero-order valence-corrected chi connectivity index (χ0v) is 18.4. The van der Waals surface area contributed by atoms with Crippen molar-refractivity contribution in [3.05, 3.63) is 59.4 Å². The number of hydrogen-bond acceptors (Lipinski definition) is 8. The highest BCUT2D eigenvalue weighted by Crippen LogP contribution is 2.40. The minimum absolute atomic E-state index is 0.108. The van der Waals surface area contributed by atoms with E-state index in [0.29, 0.717) is 45.4 Å². The molecule has 0 radical (unpaired) electrons. The molecule has 0 saturated carbocycles. The van der Waals surface area contributed by atoms with Gasteiger partial charge in [0, 0.05) is 17.7 Å². The van der Waals surface area contributed by atoms with E-state index in [-0.39, 0.29) is 24.8 Å². The highest BCUT2D eigenvalue weighted by Gasteiger charge is 2.30. The molecule has 0 aromatic heterocycles. The number of rotatable bonds is 9. The lowest BCUT2D eigenvalue weighted by Crippen LogP contribution is -2.14. The molecule has 0 atom stereocenters. The van der Waals surface area contributed by atoms with Crippen LogP contribution in [0.4, 0.5) is 0 Å². The maximum Gasteiger partial charge on any atom is 0.344 e. The van der Waals surface area contributed by atoms with E-state index in [0.717, 1.165) is 0 Å². The molecule has 0 N–H and O–H groups in total. The number of carbonyl (C=O) groups excluding carboxylic acids is 2. The van der Waals surface area contributed by atoms with Crippen molar-refractivity contribution in [3.63, 3.8) is 0 Å². The molecule has 1 aliphatic rings. The summed E-state index contributed by atoms with van der Waals surface area (Å²) in [4.78, 5) is 24.6. The topological polar surface area (TPSA) is 89.5 Å². The number of ketones is 1. The van der Waals surface area contributed by atoms with Crippen molar-refractivity contribution >= 4 is 17.8 Å². The standard InChI is InChI=1S/C24H24O8/c1-6-7-30-22(25)13-31-16-8-14(2)23-20(11-16)32-21(24(23)26)10-15-9-18(28-4)19(29-5)12-17(15)27-3/h6,8-12H,1,7,13H2,2-5H3/b21-10-. The number of aryl methyl sites for hydroxylation is 1. The van der Waals surface area contributed by atoms with Crippen LogP contribution < -0.4 is 23.7 Å². The molecule has 8 nitrogen and oxygen atoms in total. The smallest absolute Gasteiger partial charge is 0.344 e. The second-order valence-corrected chi connectivity index (χ2v) is 6.76. The van der Waals surface area contributed by atoms with E-state index >= 15 is 0 Å². The molecule has 0 spiro atoms. The van der Waals surface area contributed by atoms with Crippen LogP contribution in [0.15, 0.2) is 42.7 Å². The Labute approximate surface area is 185 Å². The molecule has 0 unspecified atom stereocenters. The molecular formula is C24H24O8. The molecule has 1 aliphatic heterocycles. The minimum atomic E-state index is -0.527. The second kappa shape index (κ2) is 9.91. The van der Waals surface area contributed by atoms with E-state index in [4.69, 9.17) is 28.4 Å². The van der Waals surface area contributed by atoms with Crippen LogP contribution >= 0.6 is 0 Å². The number of allylic oxidation sites excluding steroid dienone is 1. The van der Waals surface area contributed by atoms with E-state index in [2.05, 4.69) is 6.58 Å². The fourth-order valence-electron chi connectivity index (χ4n) is 3.20.